The van der Waals surface area contributed by atoms with E-state index < -0.39 is 38.1 Å². The van der Waals surface area contributed by atoms with E-state index in [4.69, 9.17) is 24.1 Å². The standard InChI is InChI=1S/C35H66N5O8PS/c1-4-6-8-10-12-14-15-17-19-21-23-50-28-30(45-22-20-18-16-13-11-9-7-5-2)26-46-49(43,44)47-27-32-31(38-39-36)24-33(48-32)40-25-29(3)34(41)37-35(40)42/h29-33H,4-28H2,1-3H3,(H,43,44)(H,37,41,42)/t29?,30?,31-,32+,33+/m0/s1. The van der Waals surface area contributed by atoms with Gasteiger partial charge in [0.05, 0.1) is 37.4 Å². The van der Waals surface area contributed by atoms with Crippen LogP contribution in [0.5, 0.6) is 0 Å². The number of amides is 3. The van der Waals surface area contributed by atoms with Gasteiger partial charge < -0.3 is 14.4 Å². The fraction of sp³-hybridized carbons (Fsp3) is 0.943. The third-order valence-electron chi connectivity index (χ3n) is 9.28. The lowest BCUT2D eigenvalue weighted by molar-refractivity contribution is -0.128. The van der Waals surface area contributed by atoms with Crippen molar-refractivity contribution in [1.29, 1.82) is 0 Å². The number of carbonyl (C=O) groups is 2. The van der Waals surface area contributed by atoms with Crippen molar-refractivity contribution in [3.05, 3.63) is 10.4 Å². The van der Waals surface area contributed by atoms with E-state index >= 15 is 0 Å². The van der Waals surface area contributed by atoms with Gasteiger partial charge in [-0.05, 0) is 24.1 Å². The zero-order valence-corrected chi connectivity index (χ0v) is 32.7. The lowest BCUT2D eigenvalue weighted by atomic mass is 10.1. The van der Waals surface area contributed by atoms with Gasteiger partial charge in [-0.25, -0.2) is 9.36 Å². The minimum atomic E-state index is -4.50. The average Bonchev–Trinajstić information content (AvgIpc) is 3.49. The van der Waals surface area contributed by atoms with E-state index in [2.05, 4.69) is 29.2 Å². The van der Waals surface area contributed by atoms with Crippen molar-refractivity contribution in [3.63, 3.8) is 0 Å². The molecule has 0 aliphatic carbocycles. The molecule has 2 heterocycles. The van der Waals surface area contributed by atoms with Crippen LogP contribution >= 0.6 is 19.6 Å². The molecule has 3 unspecified atom stereocenters. The Hall–Kier alpha value is -1.37. The molecule has 0 saturated carbocycles. The fourth-order valence-corrected chi connectivity index (χ4v) is 7.97. The highest BCUT2D eigenvalue weighted by atomic mass is 32.2. The number of hydrogen-bond donors (Lipinski definition) is 2. The summed E-state index contributed by atoms with van der Waals surface area (Å²) in [5, 5.41) is 6.04. The number of nitrogens with zero attached hydrogens (tertiary/aromatic N) is 4. The first-order chi connectivity index (χ1) is 24.2. The van der Waals surface area contributed by atoms with Gasteiger partial charge in [-0.2, -0.15) is 11.8 Å². The lowest BCUT2D eigenvalue weighted by Gasteiger charge is -2.34. The molecule has 2 aliphatic heterocycles. The molecule has 0 aromatic rings. The quantitative estimate of drug-likeness (QED) is 0.0230. The van der Waals surface area contributed by atoms with Gasteiger partial charge in [-0.3, -0.25) is 24.1 Å². The first-order valence-corrected chi connectivity index (χ1v) is 22.0. The summed E-state index contributed by atoms with van der Waals surface area (Å²) in [6, 6.07) is -1.34. The fourth-order valence-electron chi connectivity index (χ4n) is 6.17. The number of phosphoric ester groups is 1. The Morgan fingerprint density at radius 2 is 1.54 bits per heavy atom. The Morgan fingerprint density at radius 1 is 0.960 bits per heavy atom. The molecule has 0 spiro atoms. The van der Waals surface area contributed by atoms with E-state index in [0.717, 1.165) is 25.0 Å². The predicted octanol–water partition coefficient (Wildman–Crippen LogP) is 9.28. The molecular formula is C35H66N5O8PS. The summed E-state index contributed by atoms with van der Waals surface area (Å²) in [5.74, 6) is 0.852. The Morgan fingerprint density at radius 3 is 2.14 bits per heavy atom. The Labute approximate surface area is 305 Å². The van der Waals surface area contributed by atoms with Crippen LogP contribution in [0, 0.1) is 5.92 Å². The van der Waals surface area contributed by atoms with E-state index in [-0.39, 0.29) is 38.2 Å². The molecule has 0 aromatic heterocycles. The summed E-state index contributed by atoms with van der Waals surface area (Å²) in [6.07, 6.45) is 20.6. The van der Waals surface area contributed by atoms with Crippen molar-refractivity contribution in [2.75, 3.05) is 37.9 Å². The zero-order valence-electron chi connectivity index (χ0n) is 31.0. The highest BCUT2D eigenvalue weighted by molar-refractivity contribution is 7.99. The molecule has 290 valence electrons. The van der Waals surface area contributed by atoms with Crippen molar-refractivity contribution in [1.82, 2.24) is 10.2 Å². The van der Waals surface area contributed by atoms with Crippen LogP contribution in [0.3, 0.4) is 0 Å². The van der Waals surface area contributed by atoms with E-state index in [1.54, 1.807) is 18.7 Å². The molecule has 50 heavy (non-hydrogen) atoms. The van der Waals surface area contributed by atoms with Crippen molar-refractivity contribution in [3.8, 4) is 0 Å². The van der Waals surface area contributed by atoms with E-state index in [0.29, 0.717) is 12.4 Å². The van der Waals surface area contributed by atoms with E-state index in [1.807, 2.05) is 0 Å². The number of nitrogens with one attached hydrogen (secondary N) is 1. The van der Waals surface area contributed by atoms with Gasteiger partial charge >= 0.3 is 13.9 Å². The third-order valence-corrected chi connectivity index (χ3v) is 11.4. The first-order valence-electron chi connectivity index (χ1n) is 19.3. The van der Waals surface area contributed by atoms with Gasteiger partial charge in [-0.1, -0.05) is 129 Å². The maximum Gasteiger partial charge on any atom is 0.472 e. The molecule has 3 amide bonds. The third kappa shape index (κ3) is 19.5. The first kappa shape index (κ1) is 44.8. The molecule has 2 N–H and O–H groups in total. The van der Waals surface area contributed by atoms with Crippen molar-refractivity contribution in [2.24, 2.45) is 11.0 Å². The minimum absolute atomic E-state index is 0.0936. The molecule has 0 aromatic carbocycles. The second-order valence-corrected chi connectivity index (χ2v) is 16.4. The number of carbonyl (C=O) groups excluding carboxylic acids is 2. The monoisotopic (exact) mass is 747 g/mol. The van der Waals surface area contributed by atoms with E-state index in [9.17, 15) is 19.0 Å². The summed E-state index contributed by atoms with van der Waals surface area (Å²) in [7, 11) is -4.50. The predicted molar refractivity (Wildman–Crippen MR) is 199 cm³/mol. The summed E-state index contributed by atoms with van der Waals surface area (Å²) in [6.45, 7) is 6.40. The smallest absolute Gasteiger partial charge is 0.375 e. The molecule has 2 aliphatic rings. The average molecular weight is 748 g/mol. The molecule has 0 radical (unpaired) electrons. The summed E-state index contributed by atoms with van der Waals surface area (Å²) < 4.78 is 35.7. The Bertz CT molecular complexity index is 1040. The number of urea groups is 1. The number of hydrogen-bond acceptors (Lipinski definition) is 9. The van der Waals surface area contributed by atoms with Crippen LogP contribution in [-0.4, -0.2) is 84.1 Å². The molecule has 13 nitrogen and oxygen atoms in total. The number of unbranched alkanes of at least 4 members (excludes halogenated alkanes) is 16. The Kier molecular flexibility index (Phi) is 24.4. The second kappa shape index (κ2) is 27.3. The van der Waals surface area contributed by atoms with Gasteiger partial charge in [0.25, 0.3) is 0 Å². The molecule has 2 fully saturated rings. The highest BCUT2D eigenvalue weighted by Crippen LogP contribution is 2.44. The van der Waals surface area contributed by atoms with Gasteiger partial charge in [0.1, 0.15) is 6.23 Å². The van der Waals surface area contributed by atoms with Crippen LogP contribution in [0.2, 0.25) is 0 Å². The van der Waals surface area contributed by atoms with Crippen LogP contribution < -0.4 is 5.32 Å². The molecule has 2 saturated heterocycles. The number of phosphoric acid groups is 1. The molecule has 0 bridgehead atoms. The van der Waals surface area contributed by atoms with Crippen LogP contribution in [-0.2, 0) is 27.9 Å². The number of azide groups is 1. The second-order valence-electron chi connectivity index (χ2n) is 13.8. The van der Waals surface area contributed by atoms with Crippen LogP contribution in [0.15, 0.2) is 5.11 Å². The number of rotatable bonds is 31. The number of imide groups is 1. The van der Waals surface area contributed by atoms with Gasteiger partial charge in [0, 0.05) is 30.2 Å². The summed E-state index contributed by atoms with van der Waals surface area (Å²) in [5.41, 5.74) is 9.07. The minimum Gasteiger partial charge on any atom is -0.375 e. The summed E-state index contributed by atoms with van der Waals surface area (Å²) in [4.78, 5) is 39.0. The van der Waals surface area contributed by atoms with Gasteiger partial charge in [0.2, 0.25) is 5.91 Å². The topological polar surface area (TPSA) is 172 Å². The van der Waals surface area contributed by atoms with Crippen LogP contribution in [0.4, 0.5) is 4.79 Å². The number of ether oxygens (including phenoxy) is 2. The number of thioether (sulfide) groups is 1. The lowest BCUT2D eigenvalue weighted by Crippen LogP contribution is -2.57. The molecule has 6 atom stereocenters. The molecule has 15 heteroatoms. The van der Waals surface area contributed by atoms with Crippen molar-refractivity contribution in [2.45, 2.75) is 167 Å². The maximum absolute atomic E-state index is 12.9. The van der Waals surface area contributed by atoms with Crippen molar-refractivity contribution < 1.29 is 37.6 Å². The summed E-state index contributed by atoms with van der Waals surface area (Å²) >= 11 is 1.78. The highest BCUT2D eigenvalue weighted by Gasteiger charge is 2.43. The van der Waals surface area contributed by atoms with Crippen LogP contribution in [0.1, 0.15) is 143 Å². The SMILES string of the molecule is CCCCCCCCCCCCSCC(COP(=O)(O)OC[C@H]1O[C@@H](N2CC(C)C(=O)NC2=O)C[C@@H]1N=[N+]=[N-])OCCCCCCCCCC. The largest absolute Gasteiger partial charge is 0.472 e. The zero-order chi connectivity index (χ0) is 36.5. The van der Waals surface area contributed by atoms with Gasteiger partial charge in [-0.15, -0.1) is 0 Å². The molecule has 2 rings (SSSR count). The van der Waals surface area contributed by atoms with Crippen LogP contribution in [0.25, 0.3) is 10.4 Å². The molecular weight excluding hydrogens is 681 g/mol. The normalized spacial score (nSPS) is 22.7. The Balaban J connectivity index is 1.78. The van der Waals surface area contributed by atoms with Crippen molar-refractivity contribution >= 4 is 31.5 Å². The van der Waals surface area contributed by atoms with E-state index in [1.165, 1.54) is 101 Å². The van der Waals surface area contributed by atoms with Gasteiger partial charge in [0.15, 0.2) is 0 Å². The maximum atomic E-state index is 12.9.